The number of phenols is 1. The first-order valence-corrected chi connectivity index (χ1v) is 7.36. The molecule has 0 spiro atoms. The summed E-state index contributed by atoms with van der Waals surface area (Å²) in [6, 6.07) is 9.86. The van der Waals surface area contributed by atoms with Gasteiger partial charge in [-0.3, -0.25) is 5.10 Å². The fourth-order valence-electron chi connectivity index (χ4n) is 2.63. The van der Waals surface area contributed by atoms with Gasteiger partial charge in [-0.1, -0.05) is 0 Å². The van der Waals surface area contributed by atoms with Crippen molar-refractivity contribution in [3.63, 3.8) is 0 Å². The smallest absolute Gasteiger partial charge is 0.165 e. The highest BCUT2D eigenvalue weighted by molar-refractivity contribution is 5.85. The number of nitrogens with zero attached hydrogens (tertiary/aromatic N) is 2. The summed E-state index contributed by atoms with van der Waals surface area (Å²) in [5.41, 5.74) is 5.02. The summed E-state index contributed by atoms with van der Waals surface area (Å²) in [5, 5.41) is 19.6. The molecule has 0 fully saturated rings. The molecule has 6 nitrogen and oxygen atoms in total. The molecule has 0 atom stereocenters. The van der Waals surface area contributed by atoms with E-state index in [1.165, 1.54) is 12.1 Å². The van der Waals surface area contributed by atoms with Gasteiger partial charge in [0.15, 0.2) is 17.4 Å². The van der Waals surface area contributed by atoms with Crippen molar-refractivity contribution in [2.45, 2.75) is 6.92 Å². The first kappa shape index (κ1) is 14.3. The molecule has 2 aromatic heterocycles. The topological polar surface area (TPSA) is 89.6 Å². The molecular formula is C17H14FN5O. The van der Waals surface area contributed by atoms with Crippen LogP contribution in [0.15, 0.2) is 42.7 Å². The fourth-order valence-corrected chi connectivity index (χ4v) is 2.63. The van der Waals surface area contributed by atoms with Crippen LogP contribution in [0.3, 0.4) is 0 Å². The predicted molar refractivity (Wildman–Crippen MR) is 89.8 cm³/mol. The van der Waals surface area contributed by atoms with Gasteiger partial charge in [-0.15, -0.1) is 0 Å². The Hall–Kier alpha value is -3.35. The zero-order valence-electron chi connectivity index (χ0n) is 12.8. The number of aromatic amines is 2. The molecule has 120 valence electrons. The zero-order valence-corrected chi connectivity index (χ0v) is 12.8. The normalized spacial score (nSPS) is 11.1. The average Bonchev–Trinajstić information content (AvgIpc) is 3.22. The van der Waals surface area contributed by atoms with Crippen LogP contribution in [-0.4, -0.2) is 25.3 Å². The predicted octanol–water partition coefficient (Wildman–Crippen LogP) is 3.85. The van der Waals surface area contributed by atoms with Gasteiger partial charge in [0.25, 0.3) is 0 Å². The number of rotatable bonds is 3. The second-order valence-electron chi connectivity index (χ2n) is 5.49. The number of aromatic nitrogens is 4. The molecular weight excluding hydrogens is 309 g/mol. The third-order valence-corrected chi connectivity index (χ3v) is 3.94. The Kier molecular flexibility index (Phi) is 3.19. The summed E-state index contributed by atoms with van der Waals surface area (Å²) in [6.07, 6.45) is 1.66. The monoisotopic (exact) mass is 323 g/mol. The van der Waals surface area contributed by atoms with Gasteiger partial charge in [0.1, 0.15) is 0 Å². The molecule has 4 N–H and O–H groups in total. The van der Waals surface area contributed by atoms with Gasteiger partial charge in [0.05, 0.1) is 23.1 Å². The highest BCUT2D eigenvalue weighted by Gasteiger charge is 2.10. The highest BCUT2D eigenvalue weighted by atomic mass is 19.1. The molecule has 2 heterocycles. The fraction of sp³-hybridized carbons (Fsp3) is 0.0588. The molecule has 4 aromatic rings. The first-order chi connectivity index (χ1) is 11.6. The lowest BCUT2D eigenvalue weighted by molar-refractivity contribution is 0.432. The highest BCUT2D eigenvalue weighted by Crippen LogP contribution is 2.28. The maximum atomic E-state index is 13.5. The molecule has 0 aliphatic heterocycles. The van der Waals surface area contributed by atoms with Crippen LogP contribution < -0.4 is 5.32 Å². The van der Waals surface area contributed by atoms with E-state index in [9.17, 15) is 9.50 Å². The zero-order chi connectivity index (χ0) is 16.7. The molecule has 4 rings (SSSR count). The van der Waals surface area contributed by atoms with Crippen LogP contribution in [0.1, 0.15) is 5.56 Å². The van der Waals surface area contributed by atoms with E-state index >= 15 is 0 Å². The minimum atomic E-state index is -0.670. The van der Waals surface area contributed by atoms with E-state index in [0.717, 1.165) is 22.3 Å². The molecule has 0 bridgehead atoms. The van der Waals surface area contributed by atoms with Crippen molar-refractivity contribution < 1.29 is 9.50 Å². The van der Waals surface area contributed by atoms with Gasteiger partial charge < -0.3 is 15.4 Å². The Morgan fingerprint density at radius 2 is 2.04 bits per heavy atom. The van der Waals surface area contributed by atoms with Crippen LogP contribution in [0.25, 0.3) is 22.3 Å². The number of aromatic hydroxyl groups is 1. The van der Waals surface area contributed by atoms with E-state index in [1.54, 1.807) is 18.5 Å². The van der Waals surface area contributed by atoms with E-state index in [1.807, 2.05) is 19.1 Å². The molecule has 0 amide bonds. The summed E-state index contributed by atoms with van der Waals surface area (Å²) in [5.74, 6) is -0.438. The number of imidazole rings is 1. The minimum absolute atomic E-state index is 0.375. The number of aryl methyl sites for hydroxylation is 1. The van der Waals surface area contributed by atoms with Gasteiger partial charge in [0.2, 0.25) is 0 Å². The third-order valence-electron chi connectivity index (χ3n) is 3.94. The van der Waals surface area contributed by atoms with Crippen molar-refractivity contribution in [3.8, 4) is 17.0 Å². The van der Waals surface area contributed by atoms with Gasteiger partial charge >= 0.3 is 0 Å². The molecule has 0 aliphatic rings. The van der Waals surface area contributed by atoms with Gasteiger partial charge in [-0.2, -0.15) is 5.10 Å². The second-order valence-corrected chi connectivity index (χ2v) is 5.49. The van der Waals surface area contributed by atoms with Crippen LogP contribution in [-0.2, 0) is 0 Å². The van der Waals surface area contributed by atoms with Crippen molar-refractivity contribution in [2.75, 3.05) is 5.32 Å². The second kappa shape index (κ2) is 5.38. The van der Waals surface area contributed by atoms with Crippen LogP contribution in [0, 0.1) is 12.7 Å². The van der Waals surface area contributed by atoms with Gasteiger partial charge in [-0.05, 0) is 37.3 Å². The number of hydrogen-bond donors (Lipinski definition) is 4. The largest absolute Gasteiger partial charge is 0.505 e. The number of halogens is 1. The van der Waals surface area contributed by atoms with Crippen LogP contribution in [0.4, 0.5) is 15.9 Å². The number of H-pyrrole nitrogens is 2. The Bertz CT molecular complexity index is 1040. The van der Waals surface area contributed by atoms with E-state index in [0.29, 0.717) is 17.1 Å². The summed E-state index contributed by atoms with van der Waals surface area (Å²) in [7, 11) is 0. The van der Waals surface area contributed by atoms with E-state index < -0.39 is 5.82 Å². The SMILES string of the molecule is Cc1c(Nc2cc(-c3ccc(O)c(F)c3)[nH]n2)ccc2[nH]cnc12. The molecule has 0 saturated heterocycles. The van der Waals surface area contributed by atoms with Crippen LogP contribution in [0.2, 0.25) is 0 Å². The Balaban J connectivity index is 1.64. The first-order valence-electron chi connectivity index (χ1n) is 7.36. The molecule has 24 heavy (non-hydrogen) atoms. The molecule has 0 unspecified atom stereocenters. The molecule has 0 radical (unpaired) electrons. The van der Waals surface area contributed by atoms with Crippen molar-refractivity contribution >= 4 is 22.5 Å². The third kappa shape index (κ3) is 2.36. The van der Waals surface area contributed by atoms with Crippen LogP contribution >= 0.6 is 0 Å². The number of anilines is 2. The van der Waals surface area contributed by atoms with Crippen molar-refractivity contribution in [2.24, 2.45) is 0 Å². The Labute approximate surface area is 136 Å². The van der Waals surface area contributed by atoms with Gasteiger partial charge in [-0.25, -0.2) is 9.37 Å². The number of phenolic OH excluding ortho intramolecular Hbond substituents is 1. The van der Waals surface area contributed by atoms with Crippen molar-refractivity contribution in [1.29, 1.82) is 0 Å². The summed E-state index contributed by atoms with van der Waals surface area (Å²) in [6.45, 7) is 1.98. The summed E-state index contributed by atoms with van der Waals surface area (Å²) in [4.78, 5) is 7.37. The maximum absolute atomic E-state index is 13.5. The van der Waals surface area contributed by atoms with Crippen LogP contribution in [0.5, 0.6) is 5.75 Å². The molecule has 2 aromatic carbocycles. The van der Waals surface area contributed by atoms with Gasteiger partial charge in [0, 0.05) is 22.9 Å². The average molecular weight is 323 g/mol. The Morgan fingerprint density at radius 1 is 1.17 bits per heavy atom. The number of benzene rings is 2. The van der Waals surface area contributed by atoms with Crippen molar-refractivity contribution in [3.05, 3.63) is 54.1 Å². The number of nitrogens with one attached hydrogen (secondary N) is 3. The minimum Gasteiger partial charge on any atom is -0.505 e. The van der Waals surface area contributed by atoms with E-state index in [4.69, 9.17) is 0 Å². The lowest BCUT2D eigenvalue weighted by Gasteiger charge is -2.07. The van der Waals surface area contributed by atoms with E-state index in [2.05, 4.69) is 25.5 Å². The molecule has 0 saturated carbocycles. The van der Waals surface area contributed by atoms with E-state index in [-0.39, 0.29) is 5.75 Å². The number of fused-ring (bicyclic) bond motifs is 1. The standard InChI is InChI=1S/C17H14FN5O/c1-9-12(3-4-13-17(9)20-8-19-13)21-16-7-14(22-23-16)10-2-5-15(24)11(18)6-10/h2-8,24H,1H3,(H,19,20)(H2,21,22,23). The lowest BCUT2D eigenvalue weighted by Crippen LogP contribution is -1.94. The molecule has 0 aliphatic carbocycles. The lowest BCUT2D eigenvalue weighted by atomic mass is 10.1. The Morgan fingerprint density at radius 3 is 2.88 bits per heavy atom. The van der Waals surface area contributed by atoms with Crippen molar-refractivity contribution in [1.82, 2.24) is 20.2 Å². The number of hydrogen-bond acceptors (Lipinski definition) is 4. The summed E-state index contributed by atoms with van der Waals surface area (Å²) < 4.78 is 13.5. The molecule has 7 heteroatoms. The maximum Gasteiger partial charge on any atom is 0.165 e. The quantitative estimate of drug-likeness (QED) is 0.461. The summed E-state index contributed by atoms with van der Waals surface area (Å²) >= 11 is 0.